The number of hydrogen-bond acceptors (Lipinski definition) is 2. The van der Waals surface area contributed by atoms with Crippen molar-refractivity contribution in [2.75, 3.05) is 13.6 Å². The Morgan fingerprint density at radius 2 is 2.43 bits per heavy atom. The van der Waals surface area contributed by atoms with Crippen molar-refractivity contribution < 1.29 is 0 Å². The molecule has 1 aromatic heterocycles. The molecule has 0 unspecified atom stereocenters. The maximum Gasteiger partial charge on any atom is 0.0564 e. The topological polar surface area (TPSA) is 29.9 Å². The molecule has 0 fully saturated rings. The van der Waals surface area contributed by atoms with Crippen molar-refractivity contribution in [1.29, 1.82) is 0 Å². The molecule has 0 aliphatic heterocycles. The van der Waals surface area contributed by atoms with Crippen molar-refractivity contribution >= 4 is 5.57 Å². The lowest BCUT2D eigenvalue weighted by Gasteiger charge is -1.97. The molecule has 0 saturated carbocycles. The van der Waals surface area contributed by atoms with Crippen molar-refractivity contribution in [3.63, 3.8) is 0 Å². The fourth-order valence-electron chi connectivity index (χ4n) is 1.29. The van der Waals surface area contributed by atoms with E-state index in [4.69, 9.17) is 0 Å². The standard InChI is InChI=1S/C11H19N3/c1-4-14-9-11(8-13-14)10(2)6-5-7-12-3/h6,8-9,12H,4-5,7H2,1-3H3. The maximum atomic E-state index is 4.24. The van der Waals surface area contributed by atoms with E-state index in [0.717, 1.165) is 19.5 Å². The number of aromatic nitrogens is 2. The number of aryl methyl sites for hydroxylation is 1. The SMILES string of the molecule is CCn1cc(C(C)=CCCNC)cn1. The number of rotatable bonds is 5. The van der Waals surface area contributed by atoms with E-state index in [1.54, 1.807) is 0 Å². The van der Waals surface area contributed by atoms with Crippen LogP contribution in [0.3, 0.4) is 0 Å². The Balaban J connectivity index is 2.59. The molecule has 0 amide bonds. The first-order valence-corrected chi connectivity index (χ1v) is 5.12. The summed E-state index contributed by atoms with van der Waals surface area (Å²) in [5, 5.41) is 7.37. The summed E-state index contributed by atoms with van der Waals surface area (Å²) in [6.45, 7) is 6.19. The predicted molar refractivity (Wildman–Crippen MR) is 60.1 cm³/mol. The summed E-state index contributed by atoms with van der Waals surface area (Å²) in [6, 6.07) is 0. The molecule has 0 atom stereocenters. The predicted octanol–water partition coefficient (Wildman–Crippen LogP) is 1.92. The van der Waals surface area contributed by atoms with Crippen LogP contribution in [0.15, 0.2) is 18.5 Å². The smallest absolute Gasteiger partial charge is 0.0564 e. The molecule has 0 radical (unpaired) electrons. The van der Waals surface area contributed by atoms with Crippen LogP contribution in [0.2, 0.25) is 0 Å². The molecule has 0 spiro atoms. The summed E-state index contributed by atoms with van der Waals surface area (Å²) < 4.78 is 1.95. The second kappa shape index (κ2) is 5.60. The Morgan fingerprint density at radius 1 is 1.64 bits per heavy atom. The fraction of sp³-hybridized carbons (Fsp3) is 0.545. The zero-order chi connectivity index (χ0) is 10.4. The molecule has 0 aliphatic carbocycles. The van der Waals surface area contributed by atoms with E-state index >= 15 is 0 Å². The lowest BCUT2D eigenvalue weighted by Crippen LogP contribution is -2.05. The Hall–Kier alpha value is -1.09. The Kier molecular flexibility index (Phi) is 4.40. The summed E-state index contributed by atoms with van der Waals surface area (Å²) in [4.78, 5) is 0. The minimum atomic E-state index is 0.934. The molecule has 14 heavy (non-hydrogen) atoms. The van der Waals surface area contributed by atoms with Gasteiger partial charge in [0.15, 0.2) is 0 Å². The molecule has 3 heteroatoms. The zero-order valence-electron chi connectivity index (χ0n) is 9.25. The fourth-order valence-corrected chi connectivity index (χ4v) is 1.29. The van der Waals surface area contributed by atoms with Gasteiger partial charge in [-0.15, -0.1) is 0 Å². The van der Waals surface area contributed by atoms with E-state index < -0.39 is 0 Å². The van der Waals surface area contributed by atoms with Crippen LogP contribution in [0.5, 0.6) is 0 Å². The second-order valence-electron chi connectivity index (χ2n) is 3.36. The number of nitrogens with zero attached hydrogens (tertiary/aromatic N) is 2. The van der Waals surface area contributed by atoms with E-state index in [1.165, 1.54) is 11.1 Å². The Labute approximate surface area is 85.8 Å². The molecule has 1 rings (SSSR count). The van der Waals surface area contributed by atoms with Crippen LogP contribution in [0.25, 0.3) is 5.57 Å². The van der Waals surface area contributed by atoms with E-state index in [-0.39, 0.29) is 0 Å². The van der Waals surface area contributed by atoms with Crippen LogP contribution in [0.4, 0.5) is 0 Å². The molecule has 0 aromatic carbocycles. The number of nitrogens with one attached hydrogen (secondary N) is 1. The minimum Gasteiger partial charge on any atom is -0.319 e. The molecule has 3 nitrogen and oxygen atoms in total. The van der Waals surface area contributed by atoms with E-state index in [9.17, 15) is 0 Å². The maximum absolute atomic E-state index is 4.24. The first kappa shape index (κ1) is 11.0. The van der Waals surface area contributed by atoms with Crippen LogP contribution in [0.1, 0.15) is 25.8 Å². The van der Waals surface area contributed by atoms with Gasteiger partial charge in [-0.05, 0) is 39.4 Å². The lowest BCUT2D eigenvalue weighted by atomic mass is 10.1. The van der Waals surface area contributed by atoms with Gasteiger partial charge >= 0.3 is 0 Å². The minimum absolute atomic E-state index is 0.934. The molecule has 1 N–H and O–H groups in total. The zero-order valence-corrected chi connectivity index (χ0v) is 9.25. The highest BCUT2D eigenvalue weighted by Crippen LogP contribution is 2.12. The first-order chi connectivity index (χ1) is 6.77. The number of allylic oxidation sites excluding steroid dienone is 1. The van der Waals surface area contributed by atoms with Gasteiger partial charge in [-0.1, -0.05) is 6.08 Å². The first-order valence-electron chi connectivity index (χ1n) is 5.12. The highest BCUT2D eigenvalue weighted by Gasteiger charge is 1.98. The van der Waals surface area contributed by atoms with Gasteiger partial charge in [0.05, 0.1) is 6.20 Å². The van der Waals surface area contributed by atoms with E-state index in [0.29, 0.717) is 0 Å². The van der Waals surface area contributed by atoms with Gasteiger partial charge in [0.1, 0.15) is 0 Å². The van der Waals surface area contributed by atoms with E-state index in [2.05, 4.69) is 36.5 Å². The van der Waals surface area contributed by atoms with Gasteiger partial charge in [0, 0.05) is 18.3 Å². The molecule has 0 bridgehead atoms. The van der Waals surface area contributed by atoms with Crippen molar-refractivity contribution in [2.45, 2.75) is 26.8 Å². The summed E-state index contributed by atoms with van der Waals surface area (Å²) in [5.74, 6) is 0. The highest BCUT2D eigenvalue weighted by atomic mass is 15.3. The third-order valence-electron chi connectivity index (χ3n) is 2.26. The Morgan fingerprint density at radius 3 is 3.00 bits per heavy atom. The van der Waals surface area contributed by atoms with Gasteiger partial charge in [-0.3, -0.25) is 4.68 Å². The van der Waals surface area contributed by atoms with Crippen molar-refractivity contribution in [1.82, 2.24) is 15.1 Å². The monoisotopic (exact) mass is 193 g/mol. The van der Waals surface area contributed by atoms with Gasteiger partial charge in [0.2, 0.25) is 0 Å². The van der Waals surface area contributed by atoms with Crippen molar-refractivity contribution in [3.05, 3.63) is 24.0 Å². The van der Waals surface area contributed by atoms with Crippen molar-refractivity contribution in [2.24, 2.45) is 0 Å². The molecule has 0 saturated heterocycles. The summed E-state index contributed by atoms with van der Waals surface area (Å²) in [6.07, 6.45) is 7.33. The van der Waals surface area contributed by atoms with Gasteiger partial charge in [0.25, 0.3) is 0 Å². The molecule has 78 valence electrons. The highest BCUT2D eigenvalue weighted by molar-refractivity contribution is 5.62. The average molecular weight is 193 g/mol. The molecular weight excluding hydrogens is 174 g/mol. The molecule has 1 heterocycles. The van der Waals surface area contributed by atoms with E-state index in [1.807, 2.05) is 17.9 Å². The molecule has 0 aliphatic rings. The van der Waals surface area contributed by atoms with Crippen LogP contribution >= 0.6 is 0 Å². The quantitative estimate of drug-likeness (QED) is 0.724. The number of hydrogen-bond donors (Lipinski definition) is 1. The van der Waals surface area contributed by atoms with Crippen molar-refractivity contribution in [3.8, 4) is 0 Å². The summed E-state index contributed by atoms with van der Waals surface area (Å²) >= 11 is 0. The lowest BCUT2D eigenvalue weighted by molar-refractivity contribution is 0.659. The third-order valence-corrected chi connectivity index (χ3v) is 2.26. The third kappa shape index (κ3) is 3.00. The van der Waals surface area contributed by atoms with Crippen LogP contribution in [-0.2, 0) is 6.54 Å². The molecule has 1 aromatic rings. The van der Waals surface area contributed by atoms with Gasteiger partial charge < -0.3 is 5.32 Å². The van der Waals surface area contributed by atoms with Crippen LogP contribution in [0, 0.1) is 0 Å². The normalized spacial score (nSPS) is 12.1. The van der Waals surface area contributed by atoms with Gasteiger partial charge in [-0.2, -0.15) is 5.10 Å². The average Bonchev–Trinajstić information content (AvgIpc) is 2.66. The van der Waals surface area contributed by atoms with Crippen LogP contribution < -0.4 is 5.32 Å². The summed E-state index contributed by atoms with van der Waals surface area (Å²) in [7, 11) is 1.97. The Bertz CT molecular complexity index is 299. The van der Waals surface area contributed by atoms with Crippen LogP contribution in [-0.4, -0.2) is 23.4 Å². The second-order valence-corrected chi connectivity index (χ2v) is 3.36. The summed E-state index contributed by atoms with van der Waals surface area (Å²) in [5.41, 5.74) is 2.53. The van der Waals surface area contributed by atoms with Gasteiger partial charge in [-0.25, -0.2) is 0 Å². The largest absolute Gasteiger partial charge is 0.319 e. The molecular formula is C11H19N3.